The van der Waals surface area contributed by atoms with Crippen molar-refractivity contribution >= 4 is 5.97 Å². The van der Waals surface area contributed by atoms with Crippen LogP contribution in [0, 0.1) is 11.8 Å². The van der Waals surface area contributed by atoms with Gasteiger partial charge in [-0.15, -0.1) is 0 Å². The standard InChI is InChI=1S/C25H34F3NO9/c26-25(27,28)17-6-5-7-19(14-17)37-16-18(30)10-11-21-20(22(31)15-23(21)32)8-3-1-2-4-9-24(33)36-12-13-38-29(34)35/h1,3,5-7,10-11,14,18,20-23,30-32,34-35H,2,4,8-9,12-13,15-16H2/b3-1-,11-10+/t18-,20-,21-,22+,23-/m1/s1. The Balaban J connectivity index is 1.75. The number of nitrogens with zero attached hydrogens (tertiary/aromatic N) is 1. The van der Waals surface area contributed by atoms with E-state index in [-0.39, 0.29) is 44.3 Å². The van der Waals surface area contributed by atoms with Crippen molar-refractivity contribution in [1.29, 1.82) is 0 Å². The van der Waals surface area contributed by atoms with Crippen LogP contribution in [-0.4, -0.2) is 75.2 Å². The normalized spacial score (nSPS) is 23.0. The number of unbranched alkanes of at least 4 members (excludes halogenated alkanes) is 1. The Hall–Kier alpha value is -2.52. The third-order valence-electron chi connectivity index (χ3n) is 5.93. The molecule has 5 N–H and O–H groups in total. The summed E-state index contributed by atoms with van der Waals surface area (Å²) < 4.78 is 48.6. The number of halogens is 3. The summed E-state index contributed by atoms with van der Waals surface area (Å²) in [5.41, 5.74) is -0.858. The Kier molecular flexibility index (Phi) is 13.2. The topological polar surface area (TPSA) is 149 Å². The minimum absolute atomic E-state index is 0.0337. The van der Waals surface area contributed by atoms with Crippen LogP contribution in [0.2, 0.25) is 0 Å². The highest BCUT2D eigenvalue weighted by molar-refractivity contribution is 5.69. The summed E-state index contributed by atoms with van der Waals surface area (Å²) in [4.78, 5) is 15.8. The number of allylic oxidation sites excluding steroid dienone is 2. The number of carbonyl (C=O) groups is 1. The molecule has 1 aliphatic rings. The van der Waals surface area contributed by atoms with Crippen LogP contribution in [0.4, 0.5) is 13.2 Å². The quantitative estimate of drug-likeness (QED) is 0.0957. The van der Waals surface area contributed by atoms with E-state index in [1.54, 1.807) is 6.08 Å². The van der Waals surface area contributed by atoms with Gasteiger partial charge in [-0.2, -0.15) is 13.2 Å². The molecule has 0 radical (unpaired) electrons. The predicted molar refractivity (Wildman–Crippen MR) is 126 cm³/mol. The van der Waals surface area contributed by atoms with Crippen LogP contribution in [0.5, 0.6) is 5.75 Å². The van der Waals surface area contributed by atoms with Gasteiger partial charge in [0, 0.05) is 18.8 Å². The van der Waals surface area contributed by atoms with Gasteiger partial charge < -0.3 is 24.8 Å². The van der Waals surface area contributed by atoms with Gasteiger partial charge in [-0.25, -0.2) is 4.84 Å². The van der Waals surface area contributed by atoms with Crippen LogP contribution in [0.25, 0.3) is 0 Å². The summed E-state index contributed by atoms with van der Waals surface area (Å²) in [6.07, 6.45) is 1.32. The molecule has 1 aliphatic carbocycles. The Morgan fingerprint density at radius 1 is 1.16 bits per heavy atom. The van der Waals surface area contributed by atoms with E-state index in [0.29, 0.717) is 19.3 Å². The van der Waals surface area contributed by atoms with E-state index in [9.17, 15) is 33.3 Å². The zero-order valence-electron chi connectivity index (χ0n) is 20.6. The zero-order valence-corrected chi connectivity index (χ0v) is 20.6. The first-order valence-corrected chi connectivity index (χ1v) is 12.1. The maximum Gasteiger partial charge on any atom is 0.416 e. The van der Waals surface area contributed by atoms with Gasteiger partial charge in [0.15, 0.2) is 0 Å². The van der Waals surface area contributed by atoms with Gasteiger partial charge in [-0.05, 0) is 43.4 Å². The minimum atomic E-state index is -4.51. The van der Waals surface area contributed by atoms with Gasteiger partial charge in [-0.3, -0.25) is 15.2 Å². The minimum Gasteiger partial charge on any atom is -0.491 e. The summed E-state index contributed by atoms with van der Waals surface area (Å²) in [5, 5.41) is 47.1. The van der Waals surface area contributed by atoms with E-state index in [1.807, 2.05) is 12.2 Å². The summed E-state index contributed by atoms with van der Waals surface area (Å²) in [6.45, 7) is -0.622. The summed E-state index contributed by atoms with van der Waals surface area (Å²) in [6, 6.07) is 4.33. The number of hydrogen-bond acceptors (Lipinski definition) is 10. The molecule has 2 rings (SSSR count). The fourth-order valence-electron chi connectivity index (χ4n) is 4.04. The average Bonchev–Trinajstić information content (AvgIpc) is 3.12. The molecule has 0 aromatic heterocycles. The Bertz CT molecular complexity index is 910. The molecule has 0 aliphatic heterocycles. The number of aliphatic hydroxyl groups is 3. The van der Waals surface area contributed by atoms with E-state index in [1.165, 1.54) is 18.2 Å². The van der Waals surface area contributed by atoms with Crippen molar-refractivity contribution in [1.82, 2.24) is 5.39 Å². The number of alkyl halides is 3. The highest BCUT2D eigenvalue weighted by Gasteiger charge is 2.39. The molecule has 1 aromatic rings. The molecule has 0 heterocycles. The molecular formula is C25H34F3NO9. The highest BCUT2D eigenvalue weighted by Crippen LogP contribution is 2.36. The Labute approximate surface area is 218 Å². The van der Waals surface area contributed by atoms with Gasteiger partial charge in [0.05, 0.1) is 23.2 Å². The van der Waals surface area contributed by atoms with Crippen LogP contribution < -0.4 is 4.74 Å². The van der Waals surface area contributed by atoms with Crippen LogP contribution in [0.3, 0.4) is 0 Å². The molecular weight excluding hydrogens is 515 g/mol. The Morgan fingerprint density at radius 3 is 2.63 bits per heavy atom. The molecule has 0 amide bonds. The molecule has 214 valence electrons. The molecule has 0 bridgehead atoms. The van der Waals surface area contributed by atoms with Gasteiger partial charge in [0.2, 0.25) is 0 Å². The average molecular weight is 550 g/mol. The van der Waals surface area contributed by atoms with Crippen LogP contribution in [0.1, 0.15) is 37.7 Å². The smallest absolute Gasteiger partial charge is 0.416 e. The van der Waals surface area contributed by atoms with Crippen LogP contribution in [0.15, 0.2) is 48.6 Å². The molecule has 1 saturated carbocycles. The summed E-state index contributed by atoms with van der Waals surface area (Å²) in [5.74, 6) is -1.24. The predicted octanol–water partition coefficient (Wildman–Crippen LogP) is 3.03. The monoisotopic (exact) mass is 549 g/mol. The second-order valence-corrected chi connectivity index (χ2v) is 8.81. The summed E-state index contributed by atoms with van der Waals surface area (Å²) in [7, 11) is 0. The fourth-order valence-corrected chi connectivity index (χ4v) is 4.04. The number of ether oxygens (including phenoxy) is 2. The number of aliphatic hydroxyl groups excluding tert-OH is 3. The van der Waals surface area contributed by atoms with Crippen molar-refractivity contribution in [3.05, 3.63) is 54.1 Å². The van der Waals surface area contributed by atoms with E-state index < -0.39 is 47.3 Å². The molecule has 0 saturated heterocycles. The maximum absolute atomic E-state index is 12.8. The lowest BCUT2D eigenvalue weighted by Gasteiger charge is -2.19. The second-order valence-electron chi connectivity index (χ2n) is 8.81. The number of rotatable bonds is 15. The first-order chi connectivity index (χ1) is 18.0. The Morgan fingerprint density at radius 2 is 1.92 bits per heavy atom. The number of carbonyl (C=O) groups excluding carboxylic acids is 1. The lowest BCUT2D eigenvalue weighted by Crippen LogP contribution is -2.21. The van der Waals surface area contributed by atoms with E-state index in [0.717, 1.165) is 12.1 Å². The molecule has 5 atom stereocenters. The maximum atomic E-state index is 12.8. The van der Waals surface area contributed by atoms with Gasteiger partial charge >= 0.3 is 12.1 Å². The first kappa shape index (κ1) is 31.7. The van der Waals surface area contributed by atoms with Crippen LogP contribution in [-0.2, 0) is 20.5 Å². The third kappa shape index (κ3) is 11.5. The molecule has 38 heavy (non-hydrogen) atoms. The molecule has 1 aromatic carbocycles. The summed E-state index contributed by atoms with van der Waals surface area (Å²) >= 11 is 0. The lowest BCUT2D eigenvalue weighted by molar-refractivity contribution is -0.493. The number of benzene rings is 1. The highest BCUT2D eigenvalue weighted by atomic mass is 19.4. The van der Waals surface area contributed by atoms with Crippen molar-refractivity contribution in [2.75, 3.05) is 19.8 Å². The van der Waals surface area contributed by atoms with Crippen molar-refractivity contribution in [2.45, 2.75) is 56.6 Å². The molecule has 10 nitrogen and oxygen atoms in total. The van der Waals surface area contributed by atoms with Crippen molar-refractivity contribution < 1.29 is 58.0 Å². The first-order valence-electron chi connectivity index (χ1n) is 12.1. The van der Waals surface area contributed by atoms with Crippen molar-refractivity contribution in [3.63, 3.8) is 0 Å². The fraction of sp³-hybridized carbons (Fsp3) is 0.560. The molecule has 13 heteroatoms. The SMILES string of the molecule is O=C(CCC/C=C\C[C@@H]1[C@@H](/C=C/[C@@H](O)COc2cccc(C(F)(F)F)c2)[C@H](O)C[C@@H]1O)OCCON(O)O. The van der Waals surface area contributed by atoms with E-state index in [4.69, 9.17) is 19.9 Å². The lowest BCUT2D eigenvalue weighted by atomic mass is 9.89. The number of hydrogen-bond donors (Lipinski definition) is 5. The number of esters is 1. The van der Waals surface area contributed by atoms with Gasteiger partial charge in [-0.1, -0.05) is 30.4 Å². The molecule has 1 fully saturated rings. The van der Waals surface area contributed by atoms with Crippen molar-refractivity contribution in [2.24, 2.45) is 11.8 Å². The molecule has 0 unspecified atom stereocenters. The van der Waals surface area contributed by atoms with Crippen LogP contribution >= 0.6 is 0 Å². The van der Waals surface area contributed by atoms with Gasteiger partial charge in [0.25, 0.3) is 0 Å². The second kappa shape index (κ2) is 15.8. The van der Waals surface area contributed by atoms with Crippen molar-refractivity contribution in [3.8, 4) is 5.75 Å². The third-order valence-corrected chi connectivity index (χ3v) is 5.93. The zero-order chi connectivity index (χ0) is 28.1. The van der Waals surface area contributed by atoms with E-state index in [2.05, 4.69) is 4.84 Å². The largest absolute Gasteiger partial charge is 0.491 e. The molecule has 0 spiro atoms. The van der Waals surface area contributed by atoms with Gasteiger partial charge in [0.1, 0.15) is 31.7 Å². The van der Waals surface area contributed by atoms with E-state index >= 15 is 0 Å².